The van der Waals surface area contributed by atoms with E-state index in [0.717, 1.165) is 17.2 Å². The molecule has 0 atom stereocenters. The van der Waals surface area contributed by atoms with Crippen LogP contribution in [-0.2, 0) is 11.3 Å². The number of halogens is 4. The number of anilines is 1. The number of carbonyl (C=O) groups excluding carboxylic acids is 1. The predicted octanol–water partition coefficient (Wildman–Crippen LogP) is 5.59. The fraction of sp³-hybridized carbons (Fsp3) is 0.278. The summed E-state index contributed by atoms with van der Waals surface area (Å²) in [6, 6.07) is 9.03. The highest BCUT2D eigenvalue weighted by Gasteiger charge is 2.16. The molecule has 140 valence electrons. The van der Waals surface area contributed by atoms with E-state index in [1.807, 2.05) is 31.3 Å². The number of nitrogens with one attached hydrogen (secondary N) is 1. The maximum atomic E-state index is 12.9. The van der Waals surface area contributed by atoms with E-state index in [1.165, 1.54) is 12.1 Å². The van der Waals surface area contributed by atoms with Crippen molar-refractivity contribution in [1.29, 1.82) is 0 Å². The van der Waals surface area contributed by atoms with E-state index in [1.54, 1.807) is 6.07 Å². The van der Waals surface area contributed by atoms with Crippen LogP contribution in [0.25, 0.3) is 0 Å². The van der Waals surface area contributed by atoms with Gasteiger partial charge >= 0.3 is 12.7 Å². The van der Waals surface area contributed by atoms with Crippen LogP contribution in [0.15, 0.2) is 36.4 Å². The fourth-order valence-electron chi connectivity index (χ4n) is 2.31. The van der Waals surface area contributed by atoms with Gasteiger partial charge in [0.05, 0.1) is 5.69 Å². The van der Waals surface area contributed by atoms with Crippen molar-refractivity contribution in [3.63, 3.8) is 0 Å². The molecule has 0 fully saturated rings. The Morgan fingerprint density at radius 3 is 2.42 bits per heavy atom. The highest BCUT2D eigenvalue weighted by molar-refractivity contribution is 5.85. The molecule has 26 heavy (non-hydrogen) atoms. The van der Waals surface area contributed by atoms with Crippen LogP contribution in [0.1, 0.15) is 28.7 Å². The average Bonchev–Trinajstić information content (AvgIpc) is 2.54. The molecule has 2 rings (SSSR count). The molecule has 0 spiro atoms. The molecule has 0 saturated carbocycles. The van der Waals surface area contributed by atoms with E-state index in [4.69, 9.17) is 4.74 Å². The summed E-state index contributed by atoms with van der Waals surface area (Å²) in [7, 11) is 0. The maximum absolute atomic E-state index is 12.9. The lowest BCUT2D eigenvalue weighted by Gasteiger charge is -2.15. The fourth-order valence-corrected chi connectivity index (χ4v) is 2.31. The smallest absolute Gasteiger partial charge is 0.416 e. The van der Waals surface area contributed by atoms with Crippen LogP contribution in [0.5, 0.6) is 5.75 Å². The predicted molar refractivity (Wildman–Crippen MR) is 87.8 cm³/mol. The summed E-state index contributed by atoms with van der Waals surface area (Å²) >= 11 is 0. The molecule has 0 saturated heterocycles. The Balaban J connectivity index is 2.21. The van der Waals surface area contributed by atoms with Gasteiger partial charge in [-0.15, -0.1) is 0 Å². The van der Waals surface area contributed by atoms with E-state index < -0.39 is 19.1 Å². The Bertz CT molecular complexity index is 781. The first kappa shape index (κ1) is 19.6. The number of hydrogen-bond donors (Lipinski definition) is 1. The van der Waals surface area contributed by atoms with Crippen LogP contribution in [0.2, 0.25) is 0 Å². The van der Waals surface area contributed by atoms with E-state index in [9.17, 15) is 22.4 Å². The minimum atomic E-state index is -3.32. The number of amides is 1. The van der Waals surface area contributed by atoms with Gasteiger partial charge in [0, 0.05) is 11.1 Å². The molecule has 2 aromatic carbocycles. The molecule has 1 N–H and O–H groups in total. The van der Waals surface area contributed by atoms with Crippen molar-refractivity contribution in [2.24, 2.45) is 0 Å². The monoisotopic (exact) mass is 371 g/mol. The molecule has 0 unspecified atom stereocenters. The van der Waals surface area contributed by atoms with Crippen molar-refractivity contribution < 1.29 is 31.8 Å². The summed E-state index contributed by atoms with van der Waals surface area (Å²) in [5, 5.41) is 2.04. The Hall–Kier alpha value is -2.77. The highest BCUT2D eigenvalue weighted by Crippen LogP contribution is 2.27. The first-order chi connectivity index (χ1) is 12.3. The van der Waals surface area contributed by atoms with Gasteiger partial charge in [-0.2, -0.15) is 8.78 Å². The molecular formula is C18H17F4NO3. The third kappa shape index (κ3) is 5.37. The summed E-state index contributed by atoms with van der Waals surface area (Å²) in [5.41, 5.74) is 1.81. The van der Waals surface area contributed by atoms with Crippen molar-refractivity contribution >= 4 is 11.8 Å². The average molecular weight is 371 g/mol. The third-order valence-electron chi connectivity index (χ3n) is 3.53. The molecule has 0 heterocycles. The van der Waals surface area contributed by atoms with Gasteiger partial charge < -0.3 is 9.47 Å². The standard InChI is InChI=1S/C18H17F4NO3/c1-10-3-6-15(11(2)7-10)25-9-13-5-4-12(16(19)20)8-14(13)23-18(24)26-17(21)22/h3-8,16-17H,9H2,1-2H3,(H,23,24). The van der Waals surface area contributed by atoms with E-state index >= 15 is 0 Å². The Kier molecular flexibility index (Phi) is 6.43. The van der Waals surface area contributed by atoms with Gasteiger partial charge in [-0.25, -0.2) is 13.6 Å². The van der Waals surface area contributed by atoms with E-state index in [2.05, 4.69) is 4.74 Å². The van der Waals surface area contributed by atoms with Crippen molar-refractivity contribution in [1.82, 2.24) is 0 Å². The number of alkyl halides is 4. The van der Waals surface area contributed by atoms with Crippen molar-refractivity contribution in [3.05, 3.63) is 58.7 Å². The molecule has 0 aliphatic rings. The topological polar surface area (TPSA) is 47.6 Å². The summed E-state index contributed by atoms with van der Waals surface area (Å²) in [5.74, 6) is 0.578. The zero-order valence-corrected chi connectivity index (χ0v) is 14.1. The van der Waals surface area contributed by atoms with Crippen LogP contribution in [-0.4, -0.2) is 12.7 Å². The third-order valence-corrected chi connectivity index (χ3v) is 3.53. The lowest BCUT2D eigenvalue weighted by molar-refractivity contribution is -0.0766. The first-order valence-corrected chi connectivity index (χ1v) is 7.63. The second-order valence-corrected chi connectivity index (χ2v) is 5.57. The lowest BCUT2D eigenvalue weighted by atomic mass is 10.1. The molecule has 0 aliphatic carbocycles. The highest BCUT2D eigenvalue weighted by atomic mass is 19.3. The second kappa shape index (κ2) is 8.55. The Labute approximate surface area is 147 Å². The largest absolute Gasteiger partial charge is 0.489 e. The van der Waals surface area contributed by atoms with Gasteiger partial charge in [-0.1, -0.05) is 29.8 Å². The van der Waals surface area contributed by atoms with Crippen molar-refractivity contribution in [3.8, 4) is 5.75 Å². The molecule has 8 heteroatoms. The van der Waals surface area contributed by atoms with Crippen LogP contribution in [0.3, 0.4) is 0 Å². The minimum Gasteiger partial charge on any atom is -0.489 e. The number of rotatable bonds is 6. The number of aryl methyl sites for hydroxylation is 2. The molecule has 2 aromatic rings. The van der Waals surface area contributed by atoms with Gasteiger partial charge in [0.25, 0.3) is 6.43 Å². The number of ether oxygens (including phenoxy) is 2. The first-order valence-electron chi connectivity index (χ1n) is 7.63. The molecule has 0 aliphatic heterocycles. The molecule has 0 radical (unpaired) electrons. The van der Waals surface area contributed by atoms with Crippen LogP contribution in [0.4, 0.5) is 28.0 Å². The summed E-state index contributed by atoms with van der Waals surface area (Å²) < 4.78 is 59.3. The Morgan fingerprint density at radius 2 is 1.81 bits per heavy atom. The van der Waals surface area contributed by atoms with Crippen LogP contribution in [0, 0.1) is 13.8 Å². The normalized spacial score (nSPS) is 10.9. The van der Waals surface area contributed by atoms with Crippen molar-refractivity contribution in [2.45, 2.75) is 33.5 Å². The Morgan fingerprint density at radius 1 is 1.08 bits per heavy atom. The minimum absolute atomic E-state index is 0.0578. The molecule has 0 bridgehead atoms. The quantitative estimate of drug-likeness (QED) is 0.673. The molecule has 4 nitrogen and oxygen atoms in total. The lowest BCUT2D eigenvalue weighted by Crippen LogP contribution is -2.18. The van der Waals surface area contributed by atoms with Gasteiger partial charge in [0.15, 0.2) is 0 Å². The van der Waals surface area contributed by atoms with Crippen LogP contribution < -0.4 is 10.1 Å². The zero-order chi connectivity index (χ0) is 19.3. The van der Waals surface area contributed by atoms with Crippen molar-refractivity contribution in [2.75, 3.05) is 5.32 Å². The number of benzene rings is 2. The zero-order valence-electron chi connectivity index (χ0n) is 14.1. The molecular weight excluding hydrogens is 354 g/mol. The number of carbonyl (C=O) groups is 1. The van der Waals surface area contributed by atoms with Crippen LogP contribution >= 0.6 is 0 Å². The van der Waals surface area contributed by atoms with Gasteiger partial charge in [0.2, 0.25) is 0 Å². The summed E-state index contributed by atoms with van der Waals surface area (Å²) in [6.45, 7) is 0.401. The SMILES string of the molecule is Cc1ccc(OCc2ccc(C(F)F)cc2NC(=O)OC(F)F)c(C)c1. The number of hydrogen-bond acceptors (Lipinski definition) is 3. The second-order valence-electron chi connectivity index (χ2n) is 5.57. The maximum Gasteiger partial charge on any atom is 0.416 e. The summed E-state index contributed by atoms with van der Waals surface area (Å²) in [4.78, 5) is 11.4. The summed E-state index contributed by atoms with van der Waals surface area (Å²) in [6.07, 6.45) is -4.23. The van der Waals surface area contributed by atoms with Gasteiger partial charge in [-0.3, -0.25) is 5.32 Å². The van der Waals surface area contributed by atoms with Gasteiger partial charge in [0.1, 0.15) is 12.4 Å². The molecule has 0 aromatic heterocycles. The van der Waals surface area contributed by atoms with E-state index in [-0.39, 0.29) is 17.9 Å². The molecule has 1 amide bonds. The van der Waals surface area contributed by atoms with Gasteiger partial charge in [-0.05, 0) is 31.5 Å². The van der Waals surface area contributed by atoms with E-state index in [0.29, 0.717) is 11.3 Å².